The topological polar surface area (TPSA) is 92.6 Å². The van der Waals surface area contributed by atoms with Crippen molar-refractivity contribution in [1.82, 2.24) is 18.7 Å². The van der Waals surface area contributed by atoms with E-state index in [1.54, 1.807) is 18.5 Å². The number of rotatable bonds is 4. The summed E-state index contributed by atoms with van der Waals surface area (Å²) in [7, 11) is 3.03. The van der Waals surface area contributed by atoms with E-state index in [4.69, 9.17) is 4.74 Å². The van der Waals surface area contributed by atoms with Gasteiger partial charge in [0.1, 0.15) is 31.8 Å². The summed E-state index contributed by atoms with van der Waals surface area (Å²) in [6.07, 6.45) is 0.257. The standard InChI is InChI=1S/C18H27N5O4/c1-10-7-22(8-11(2)27-10)9-14-19-16-15(23(14)12(3)13(4)24)17(25)21(6)18(26)20(16)5/h10-12H,7-9H2,1-6H3/p+1/t10-,11+,12-/m0/s1. The van der Waals surface area contributed by atoms with Crippen molar-refractivity contribution in [3.8, 4) is 0 Å². The number of ketones is 1. The second kappa shape index (κ2) is 7.05. The summed E-state index contributed by atoms with van der Waals surface area (Å²) in [5.41, 5.74) is -0.246. The summed E-state index contributed by atoms with van der Waals surface area (Å²) in [5.74, 6) is 0.576. The van der Waals surface area contributed by atoms with E-state index in [-0.39, 0.29) is 18.0 Å². The zero-order valence-corrected chi connectivity index (χ0v) is 16.8. The predicted octanol–water partition coefficient (Wildman–Crippen LogP) is -1.22. The normalized spacial score (nSPS) is 24.3. The van der Waals surface area contributed by atoms with Crippen molar-refractivity contribution in [3.63, 3.8) is 0 Å². The summed E-state index contributed by atoms with van der Waals surface area (Å²) >= 11 is 0. The first-order chi connectivity index (χ1) is 12.6. The number of ether oxygens (including phenoxy) is 1. The molecule has 148 valence electrons. The highest BCUT2D eigenvalue weighted by atomic mass is 16.5. The number of imidazole rings is 1. The van der Waals surface area contributed by atoms with Crippen LogP contribution in [0.2, 0.25) is 0 Å². The van der Waals surface area contributed by atoms with Crippen LogP contribution in [0.3, 0.4) is 0 Å². The quantitative estimate of drug-likeness (QED) is 0.720. The molecule has 0 aliphatic carbocycles. The molecule has 0 spiro atoms. The van der Waals surface area contributed by atoms with Gasteiger partial charge in [0.2, 0.25) is 0 Å². The highest BCUT2D eigenvalue weighted by Crippen LogP contribution is 2.18. The van der Waals surface area contributed by atoms with Gasteiger partial charge in [-0.3, -0.25) is 18.7 Å². The number of carbonyl (C=O) groups excluding carboxylic acids is 1. The van der Waals surface area contributed by atoms with Crippen LogP contribution in [0.5, 0.6) is 0 Å². The number of carbonyl (C=O) groups is 1. The Hall–Kier alpha value is -2.26. The molecule has 2 aromatic heterocycles. The summed E-state index contributed by atoms with van der Waals surface area (Å²) in [4.78, 5) is 43.1. The maximum atomic E-state index is 12.8. The molecule has 3 rings (SSSR count). The summed E-state index contributed by atoms with van der Waals surface area (Å²) < 4.78 is 9.93. The SMILES string of the molecule is CC(=O)[C@H](C)n1c(C[NH+]2C[C@@H](C)O[C@@H](C)C2)nc2c1c(=O)n(C)c(=O)n2C. The zero-order valence-electron chi connectivity index (χ0n) is 16.8. The molecule has 0 saturated carbocycles. The Morgan fingerprint density at radius 2 is 1.81 bits per heavy atom. The molecule has 1 saturated heterocycles. The lowest BCUT2D eigenvalue weighted by Gasteiger charge is -2.32. The van der Waals surface area contributed by atoms with Gasteiger partial charge in [0.05, 0.1) is 6.04 Å². The molecule has 1 fully saturated rings. The minimum absolute atomic E-state index is 0.0647. The summed E-state index contributed by atoms with van der Waals surface area (Å²) in [6.45, 7) is 9.53. The third-order valence-corrected chi connectivity index (χ3v) is 5.37. The largest absolute Gasteiger partial charge is 0.364 e. The fourth-order valence-corrected chi connectivity index (χ4v) is 3.94. The molecule has 4 atom stereocenters. The lowest BCUT2D eigenvalue weighted by atomic mass is 10.2. The molecule has 1 N–H and O–H groups in total. The van der Waals surface area contributed by atoms with Crippen LogP contribution in [0, 0.1) is 0 Å². The monoisotopic (exact) mass is 378 g/mol. The Labute approximate surface area is 157 Å². The molecule has 1 aliphatic rings. The number of aromatic nitrogens is 4. The lowest BCUT2D eigenvalue weighted by Crippen LogP contribution is -3.14. The summed E-state index contributed by atoms with van der Waals surface area (Å²) in [5, 5.41) is 0. The highest BCUT2D eigenvalue weighted by molar-refractivity contribution is 5.82. The minimum Gasteiger partial charge on any atom is -0.364 e. The van der Waals surface area contributed by atoms with E-state index in [0.29, 0.717) is 23.5 Å². The Morgan fingerprint density at radius 1 is 1.22 bits per heavy atom. The average Bonchev–Trinajstić information content (AvgIpc) is 2.95. The molecule has 0 aromatic carbocycles. The van der Waals surface area contributed by atoms with Gasteiger partial charge in [-0.1, -0.05) is 0 Å². The first kappa shape index (κ1) is 19.5. The molecule has 0 amide bonds. The van der Waals surface area contributed by atoms with Gasteiger partial charge in [-0.2, -0.15) is 0 Å². The Kier molecular flexibility index (Phi) is 5.09. The van der Waals surface area contributed by atoms with Crippen LogP contribution >= 0.6 is 0 Å². The third kappa shape index (κ3) is 3.37. The number of hydrogen-bond acceptors (Lipinski definition) is 5. The number of nitrogens with one attached hydrogen (secondary N) is 1. The van der Waals surface area contributed by atoms with Crippen LogP contribution in [0.25, 0.3) is 11.2 Å². The smallest absolute Gasteiger partial charge is 0.332 e. The van der Waals surface area contributed by atoms with Gasteiger partial charge in [-0.15, -0.1) is 0 Å². The number of hydrogen-bond donors (Lipinski definition) is 1. The Balaban J connectivity index is 2.20. The van der Waals surface area contributed by atoms with E-state index < -0.39 is 17.3 Å². The fraction of sp³-hybridized carbons (Fsp3) is 0.667. The van der Waals surface area contributed by atoms with Crippen molar-refractivity contribution >= 4 is 16.9 Å². The first-order valence-corrected chi connectivity index (χ1v) is 9.28. The first-order valence-electron chi connectivity index (χ1n) is 9.28. The van der Waals surface area contributed by atoms with Crippen molar-refractivity contribution in [2.75, 3.05) is 13.1 Å². The molecule has 1 unspecified atom stereocenters. The molecule has 9 nitrogen and oxygen atoms in total. The third-order valence-electron chi connectivity index (χ3n) is 5.37. The Morgan fingerprint density at radius 3 is 2.37 bits per heavy atom. The molecular weight excluding hydrogens is 350 g/mol. The van der Waals surface area contributed by atoms with Gasteiger partial charge >= 0.3 is 5.69 Å². The number of aryl methyl sites for hydroxylation is 1. The average molecular weight is 378 g/mol. The molecule has 2 aromatic rings. The van der Waals surface area contributed by atoms with Gasteiger partial charge < -0.3 is 14.2 Å². The van der Waals surface area contributed by atoms with E-state index in [1.807, 2.05) is 13.8 Å². The molecular formula is C18H28N5O4+. The van der Waals surface area contributed by atoms with Crippen LogP contribution in [0.1, 0.15) is 39.6 Å². The number of quaternary nitrogens is 1. The minimum atomic E-state index is -0.537. The summed E-state index contributed by atoms with van der Waals surface area (Å²) in [6, 6.07) is -0.537. The van der Waals surface area contributed by atoms with Crippen molar-refractivity contribution in [3.05, 3.63) is 26.7 Å². The fourth-order valence-electron chi connectivity index (χ4n) is 3.94. The molecule has 0 bridgehead atoms. The number of nitrogens with zero attached hydrogens (tertiary/aromatic N) is 4. The van der Waals surface area contributed by atoms with Crippen LogP contribution in [0.15, 0.2) is 9.59 Å². The highest BCUT2D eigenvalue weighted by Gasteiger charge is 2.30. The maximum absolute atomic E-state index is 12.8. The van der Waals surface area contributed by atoms with E-state index in [1.165, 1.54) is 23.4 Å². The maximum Gasteiger partial charge on any atom is 0.332 e. The molecule has 27 heavy (non-hydrogen) atoms. The van der Waals surface area contributed by atoms with Gasteiger partial charge in [0, 0.05) is 14.1 Å². The van der Waals surface area contributed by atoms with E-state index >= 15 is 0 Å². The van der Waals surface area contributed by atoms with Crippen molar-refractivity contribution in [2.45, 2.75) is 52.5 Å². The molecule has 9 heteroatoms. The second-order valence-electron chi connectivity index (χ2n) is 7.65. The van der Waals surface area contributed by atoms with Crippen molar-refractivity contribution in [1.29, 1.82) is 0 Å². The number of morpholine rings is 1. The van der Waals surface area contributed by atoms with Gasteiger partial charge in [0.25, 0.3) is 5.56 Å². The van der Waals surface area contributed by atoms with E-state index in [2.05, 4.69) is 4.98 Å². The zero-order chi connectivity index (χ0) is 20.0. The molecule has 0 radical (unpaired) electrons. The van der Waals surface area contributed by atoms with Crippen LogP contribution in [-0.4, -0.2) is 49.8 Å². The van der Waals surface area contributed by atoms with E-state index in [9.17, 15) is 14.4 Å². The van der Waals surface area contributed by atoms with Gasteiger partial charge in [-0.05, 0) is 27.7 Å². The van der Waals surface area contributed by atoms with Crippen molar-refractivity contribution < 1.29 is 14.4 Å². The van der Waals surface area contributed by atoms with Crippen LogP contribution in [0.4, 0.5) is 0 Å². The number of Topliss-reactive ketones (excluding diaryl/α,β-unsaturated/α-hetero) is 1. The second-order valence-corrected chi connectivity index (χ2v) is 7.65. The Bertz CT molecular complexity index is 992. The number of fused-ring (bicyclic) bond motifs is 1. The van der Waals surface area contributed by atoms with Crippen LogP contribution in [-0.2, 0) is 30.2 Å². The van der Waals surface area contributed by atoms with Gasteiger partial charge in [-0.25, -0.2) is 9.78 Å². The van der Waals surface area contributed by atoms with Gasteiger partial charge in [0.15, 0.2) is 22.8 Å². The lowest BCUT2D eigenvalue weighted by molar-refractivity contribution is -0.929. The predicted molar refractivity (Wildman–Crippen MR) is 100 cm³/mol. The molecule has 1 aliphatic heterocycles. The van der Waals surface area contributed by atoms with E-state index in [0.717, 1.165) is 17.7 Å². The molecule has 3 heterocycles. The van der Waals surface area contributed by atoms with Crippen LogP contribution < -0.4 is 16.1 Å². The van der Waals surface area contributed by atoms with Crippen molar-refractivity contribution in [2.24, 2.45) is 14.1 Å².